The van der Waals surface area contributed by atoms with Crippen LogP contribution in [0.5, 0.6) is 0 Å². The summed E-state index contributed by atoms with van der Waals surface area (Å²) in [6.45, 7) is 2.79. The molecule has 1 saturated heterocycles. The second-order valence-electron chi connectivity index (χ2n) is 5.23. The van der Waals surface area contributed by atoms with E-state index in [0.29, 0.717) is 13.1 Å². The lowest BCUT2D eigenvalue weighted by molar-refractivity contribution is -0.149. The second kappa shape index (κ2) is 8.01. The van der Waals surface area contributed by atoms with Gasteiger partial charge in [-0.15, -0.1) is 11.8 Å². The maximum atomic E-state index is 12.5. The number of esters is 1. The molecule has 2 amide bonds. The van der Waals surface area contributed by atoms with Gasteiger partial charge in [0.2, 0.25) is 11.8 Å². The molecule has 1 fully saturated rings. The molecule has 1 atom stereocenters. The first kappa shape index (κ1) is 17.3. The van der Waals surface area contributed by atoms with Gasteiger partial charge >= 0.3 is 5.97 Å². The van der Waals surface area contributed by atoms with Crippen molar-refractivity contribution >= 4 is 29.5 Å². The summed E-state index contributed by atoms with van der Waals surface area (Å²) in [5, 5.41) is 2.68. The lowest BCUT2D eigenvalue weighted by Gasteiger charge is -2.34. The van der Waals surface area contributed by atoms with Crippen molar-refractivity contribution in [1.82, 2.24) is 10.2 Å². The number of thioether (sulfide) groups is 1. The van der Waals surface area contributed by atoms with E-state index < -0.39 is 12.0 Å². The van der Waals surface area contributed by atoms with E-state index in [0.717, 1.165) is 10.5 Å². The smallest absolute Gasteiger partial charge is 0.308 e. The van der Waals surface area contributed by atoms with Gasteiger partial charge in [0.1, 0.15) is 6.04 Å². The minimum absolute atomic E-state index is 0.122. The summed E-state index contributed by atoms with van der Waals surface area (Å²) in [6.07, 6.45) is -0.122. The molecule has 0 radical (unpaired) electrons. The van der Waals surface area contributed by atoms with Crippen molar-refractivity contribution in [3.63, 3.8) is 0 Å². The Morgan fingerprint density at radius 3 is 2.83 bits per heavy atom. The van der Waals surface area contributed by atoms with Crippen LogP contribution in [0.2, 0.25) is 0 Å². The summed E-state index contributed by atoms with van der Waals surface area (Å²) in [4.78, 5) is 38.4. The van der Waals surface area contributed by atoms with Gasteiger partial charge < -0.3 is 15.0 Å². The predicted molar refractivity (Wildman–Crippen MR) is 87.0 cm³/mol. The molecule has 1 aromatic carbocycles. The topological polar surface area (TPSA) is 75.7 Å². The van der Waals surface area contributed by atoms with Crippen molar-refractivity contribution in [3.8, 4) is 0 Å². The largest absolute Gasteiger partial charge is 0.469 e. The van der Waals surface area contributed by atoms with Gasteiger partial charge in [-0.25, -0.2) is 0 Å². The van der Waals surface area contributed by atoms with Crippen molar-refractivity contribution in [3.05, 3.63) is 29.8 Å². The summed E-state index contributed by atoms with van der Waals surface area (Å²) < 4.78 is 4.61. The Hall–Kier alpha value is -2.02. The van der Waals surface area contributed by atoms with Crippen LogP contribution in [0.1, 0.15) is 12.0 Å². The minimum Gasteiger partial charge on any atom is -0.469 e. The molecule has 0 saturated carbocycles. The van der Waals surface area contributed by atoms with Gasteiger partial charge in [0.25, 0.3) is 0 Å². The Balaban J connectivity index is 2.02. The Morgan fingerprint density at radius 1 is 1.39 bits per heavy atom. The zero-order valence-corrected chi connectivity index (χ0v) is 14.0. The molecule has 1 aliphatic heterocycles. The third-order valence-corrected chi connectivity index (χ3v) is 4.84. The van der Waals surface area contributed by atoms with E-state index >= 15 is 0 Å². The molecule has 2 rings (SSSR count). The Labute approximate surface area is 139 Å². The highest BCUT2D eigenvalue weighted by Gasteiger charge is 2.34. The number of amides is 2. The molecule has 1 aliphatic rings. The first-order valence-corrected chi connectivity index (χ1v) is 8.34. The maximum Gasteiger partial charge on any atom is 0.308 e. The lowest BCUT2D eigenvalue weighted by Crippen LogP contribution is -2.58. The van der Waals surface area contributed by atoms with Crippen molar-refractivity contribution in [2.45, 2.75) is 24.3 Å². The van der Waals surface area contributed by atoms with Crippen molar-refractivity contribution in [1.29, 1.82) is 0 Å². The maximum absolute atomic E-state index is 12.5. The standard InChI is InChI=1S/C16H20N2O4S/c1-11-5-3-4-6-13(11)23-10-14(19)18-8-7-17-16(21)12(18)9-15(20)22-2/h3-6,12H,7-10H2,1-2H3,(H,17,21). The van der Waals surface area contributed by atoms with Crippen LogP contribution in [0.25, 0.3) is 0 Å². The number of ether oxygens (including phenoxy) is 1. The van der Waals surface area contributed by atoms with Crippen LogP contribution >= 0.6 is 11.8 Å². The molecule has 0 spiro atoms. The van der Waals surface area contributed by atoms with E-state index in [1.165, 1.54) is 23.8 Å². The number of hydrogen-bond donors (Lipinski definition) is 1. The molecular formula is C16H20N2O4S. The van der Waals surface area contributed by atoms with Crippen LogP contribution in [-0.2, 0) is 19.1 Å². The molecule has 0 bridgehead atoms. The normalized spacial score (nSPS) is 17.6. The fourth-order valence-electron chi connectivity index (χ4n) is 2.40. The van der Waals surface area contributed by atoms with Crippen molar-refractivity contribution in [2.75, 3.05) is 26.0 Å². The number of hydrogen-bond acceptors (Lipinski definition) is 5. The number of nitrogens with zero attached hydrogens (tertiary/aromatic N) is 1. The Morgan fingerprint density at radius 2 is 2.13 bits per heavy atom. The lowest BCUT2D eigenvalue weighted by atomic mass is 10.1. The molecule has 0 aromatic heterocycles. The fourth-order valence-corrected chi connectivity index (χ4v) is 3.31. The summed E-state index contributed by atoms with van der Waals surface area (Å²) in [5.41, 5.74) is 1.10. The predicted octanol–water partition coefficient (Wildman–Crippen LogP) is 0.977. The van der Waals surface area contributed by atoms with Crippen LogP contribution in [0.3, 0.4) is 0 Å². The number of carbonyl (C=O) groups excluding carboxylic acids is 3. The van der Waals surface area contributed by atoms with Crippen LogP contribution < -0.4 is 5.32 Å². The molecule has 0 aliphatic carbocycles. The Kier molecular flexibility index (Phi) is 6.04. The summed E-state index contributed by atoms with van der Waals surface area (Å²) in [6, 6.07) is 7.03. The molecule has 1 unspecified atom stereocenters. The van der Waals surface area contributed by atoms with E-state index in [4.69, 9.17) is 0 Å². The van der Waals surface area contributed by atoms with Gasteiger partial charge in [-0.2, -0.15) is 0 Å². The first-order chi connectivity index (χ1) is 11.0. The SMILES string of the molecule is COC(=O)CC1C(=O)NCCN1C(=O)CSc1ccccc1C. The average Bonchev–Trinajstić information content (AvgIpc) is 2.55. The fraction of sp³-hybridized carbons (Fsp3) is 0.438. The zero-order chi connectivity index (χ0) is 16.8. The van der Waals surface area contributed by atoms with Crippen LogP contribution in [-0.4, -0.2) is 54.7 Å². The minimum atomic E-state index is -0.791. The molecule has 6 nitrogen and oxygen atoms in total. The monoisotopic (exact) mass is 336 g/mol. The quantitative estimate of drug-likeness (QED) is 0.641. The average molecular weight is 336 g/mol. The number of methoxy groups -OCH3 is 1. The number of aryl methyl sites for hydroxylation is 1. The highest BCUT2D eigenvalue weighted by Crippen LogP contribution is 2.23. The third-order valence-electron chi connectivity index (χ3n) is 3.68. The number of piperazine rings is 1. The van der Waals surface area contributed by atoms with Gasteiger partial charge in [-0.05, 0) is 18.6 Å². The van der Waals surface area contributed by atoms with Crippen molar-refractivity contribution < 1.29 is 19.1 Å². The number of carbonyl (C=O) groups is 3. The summed E-state index contributed by atoms with van der Waals surface area (Å²) >= 11 is 1.44. The molecule has 1 aromatic rings. The van der Waals surface area contributed by atoms with Crippen LogP contribution in [0, 0.1) is 6.92 Å². The van der Waals surface area contributed by atoms with E-state index in [-0.39, 0.29) is 24.0 Å². The summed E-state index contributed by atoms with van der Waals surface area (Å²) in [7, 11) is 1.27. The molecule has 124 valence electrons. The van der Waals surface area contributed by atoms with Gasteiger partial charge in [0.05, 0.1) is 19.3 Å². The van der Waals surface area contributed by atoms with Gasteiger partial charge in [-0.3, -0.25) is 14.4 Å². The van der Waals surface area contributed by atoms with E-state index in [9.17, 15) is 14.4 Å². The Bertz CT molecular complexity index is 605. The molecule has 7 heteroatoms. The molecular weight excluding hydrogens is 316 g/mol. The van der Waals surface area contributed by atoms with Crippen LogP contribution in [0.4, 0.5) is 0 Å². The number of benzene rings is 1. The number of nitrogens with one attached hydrogen (secondary N) is 1. The van der Waals surface area contributed by atoms with E-state index in [1.54, 1.807) is 0 Å². The van der Waals surface area contributed by atoms with Gasteiger partial charge in [-0.1, -0.05) is 18.2 Å². The van der Waals surface area contributed by atoms with Crippen molar-refractivity contribution in [2.24, 2.45) is 0 Å². The third kappa shape index (κ3) is 4.48. The van der Waals surface area contributed by atoms with E-state index in [2.05, 4.69) is 10.1 Å². The molecule has 1 N–H and O–H groups in total. The van der Waals surface area contributed by atoms with Gasteiger partial charge in [0.15, 0.2) is 0 Å². The molecule has 1 heterocycles. The summed E-state index contributed by atoms with van der Waals surface area (Å²) in [5.74, 6) is -0.732. The second-order valence-corrected chi connectivity index (χ2v) is 6.25. The first-order valence-electron chi connectivity index (χ1n) is 7.35. The number of rotatable bonds is 5. The van der Waals surface area contributed by atoms with Crippen LogP contribution in [0.15, 0.2) is 29.2 Å². The highest BCUT2D eigenvalue weighted by atomic mass is 32.2. The zero-order valence-electron chi connectivity index (χ0n) is 13.2. The molecule has 23 heavy (non-hydrogen) atoms. The highest BCUT2D eigenvalue weighted by molar-refractivity contribution is 8.00. The van der Waals surface area contributed by atoms with E-state index in [1.807, 2.05) is 31.2 Å². The van der Waals surface area contributed by atoms with Gasteiger partial charge in [0, 0.05) is 18.0 Å².